The first-order chi connectivity index (χ1) is 10.5. The number of nitrogens with zero attached hydrogens (tertiary/aromatic N) is 2. The summed E-state index contributed by atoms with van der Waals surface area (Å²) < 4.78 is 1.83. The molecular weight excluding hydrogens is 469 g/mol. The summed E-state index contributed by atoms with van der Waals surface area (Å²) in [6.45, 7) is 1.15. The Balaban J connectivity index is 0.00000264. The van der Waals surface area contributed by atoms with E-state index in [9.17, 15) is 0 Å². The number of hydrogen-bond acceptors (Lipinski definition) is 1. The third kappa shape index (κ3) is 5.45. The van der Waals surface area contributed by atoms with E-state index in [0.717, 1.165) is 16.3 Å². The van der Waals surface area contributed by atoms with Gasteiger partial charge in [0.05, 0.1) is 11.6 Å². The van der Waals surface area contributed by atoms with E-state index in [2.05, 4.69) is 15.6 Å². The van der Waals surface area contributed by atoms with Crippen molar-refractivity contribution in [2.24, 2.45) is 12.0 Å². The lowest BCUT2D eigenvalue weighted by molar-refractivity contribution is 0.750. The number of nitrogens with one attached hydrogen (secondary N) is 2. The van der Waals surface area contributed by atoms with Crippen molar-refractivity contribution < 1.29 is 0 Å². The highest BCUT2D eigenvalue weighted by molar-refractivity contribution is 14.0. The standard InChI is InChI=1S/C15H17Cl3N4.HI/c1-19-15(20-8-10-5-3-4-6-12(10)16)21-9-11-7-13(17)14(18)22(11)2;/h3-7H,8-9H2,1-2H3,(H2,19,20,21);1H. The molecule has 0 aliphatic carbocycles. The summed E-state index contributed by atoms with van der Waals surface area (Å²) in [5, 5.41) is 8.23. The number of guanidine groups is 1. The molecule has 0 aliphatic rings. The highest BCUT2D eigenvalue weighted by Gasteiger charge is 2.09. The number of aromatic nitrogens is 1. The van der Waals surface area contributed by atoms with E-state index in [-0.39, 0.29) is 24.0 Å². The molecule has 8 heteroatoms. The molecule has 0 saturated carbocycles. The zero-order valence-electron chi connectivity index (χ0n) is 12.7. The molecule has 0 aliphatic heterocycles. The summed E-state index contributed by atoms with van der Waals surface area (Å²) in [5.74, 6) is 0.674. The lowest BCUT2D eigenvalue weighted by Crippen LogP contribution is -2.36. The van der Waals surface area contributed by atoms with Crippen LogP contribution >= 0.6 is 58.8 Å². The molecule has 2 N–H and O–H groups in total. The van der Waals surface area contributed by atoms with Crippen LogP contribution in [-0.2, 0) is 20.1 Å². The van der Waals surface area contributed by atoms with Crippen molar-refractivity contribution in [2.75, 3.05) is 7.05 Å². The lowest BCUT2D eigenvalue weighted by atomic mass is 10.2. The Morgan fingerprint density at radius 2 is 1.74 bits per heavy atom. The third-order valence-electron chi connectivity index (χ3n) is 3.28. The van der Waals surface area contributed by atoms with Gasteiger partial charge in [-0.2, -0.15) is 0 Å². The van der Waals surface area contributed by atoms with Crippen LogP contribution in [-0.4, -0.2) is 17.6 Å². The number of benzene rings is 1. The van der Waals surface area contributed by atoms with E-state index in [1.54, 1.807) is 7.05 Å². The Morgan fingerprint density at radius 1 is 1.09 bits per heavy atom. The summed E-state index contributed by atoms with van der Waals surface area (Å²) in [7, 11) is 3.58. The van der Waals surface area contributed by atoms with Gasteiger partial charge in [-0.15, -0.1) is 24.0 Å². The van der Waals surface area contributed by atoms with Crippen LogP contribution in [0.5, 0.6) is 0 Å². The van der Waals surface area contributed by atoms with E-state index in [1.807, 2.05) is 41.9 Å². The van der Waals surface area contributed by atoms with Gasteiger partial charge in [0.15, 0.2) is 5.96 Å². The molecule has 2 rings (SSSR count). The Labute approximate surface area is 168 Å². The van der Waals surface area contributed by atoms with Crippen LogP contribution in [0.15, 0.2) is 35.3 Å². The molecule has 1 aromatic carbocycles. The first-order valence-corrected chi connectivity index (χ1v) is 7.84. The van der Waals surface area contributed by atoms with Crippen LogP contribution in [0.25, 0.3) is 0 Å². The van der Waals surface area contributed by atoms with Crippen molar-refractivity contribution in [3.63, 3.8) is 0 Å². The predicted molar refractivity (Wildman–Crippen MR) is 109 cm³/mol. The van der Waals surface area contributed by atoms with Crippen LogP contribution in [0.3, 0.4) is 0 Å². The maximum absolute atomic E-state index is 6.13. The molecule has 0 amide bonds. The SMILES string of the molecule is CN=C(NCc1ccccc1Cl)NCc1cc(Cl)c(Cl)n1C.I. The van der Waals surface area contributed by atoms with Crippen molar-refractivity contribution in [3.05, 3.63) is 56.8 Å². The monoisotopic (exact) mass is 486 g/mol. The molecule has 1 aromatic heterocycles. The van der Waals surface area contributed by atoms with E-state index in [0.29, 0.717) is 29.2 Å². The Hall–Kier alpha value is -0.630. The second-order valence-corrected chi connectivity index (χ2v) is 5.88. The minimum atomic E-state index is 0. The molecule has 126 valence electrons. The van der Waals surface area contributed by atoms with Gasteiger partial charge in [-0.3, -0.25) is 4.99 Å². The molecule has 0 bridgehead atoms. The average molecular weight is 488 g/mol. The highest BCUT2D eigenvalue weighted by atomic mass is 127. The van der Waals surface area contributed by atoms with Crippen molar-refractivity contribution in [2.45, 2.75) is 13.1 Å². The second-order valence-electron chi connectivity index (χ2n) is 4.70. The maximum Gasteiger partial charge on any atom is 0.191 e. The molecule has 0 radical (unpaired) electrons. The number of aliphatic imine (C=N–C) groups is 1. The van der Waals surface area contributed by atoms with Gasteiger partial charge in [-0.05, 0) is 17.7 Å². The zero-order valence-corrected chi connectivity index (χ0v) is 17.3. The molecule has 0 spiro atoms. The topological polar surface area (TPSA) is 41.4 Å². The van der Waals surface area contributed by atoms with Crippen molar-refractivity contribution in [3.8, 4) is 0 Å². The lowest BCUT2D eigenvalue weighted by Gasteiger charge is -2.13. The average Bonchev–Trinajstić information content (AvgIpc) is 2.76. The molecule has 0 atom stereocenters. The Morgan fingerprint density at radius 3 is 2.30 bits per heavy atom. The molecule has 4 nitrogen and oxygen atoms in total. The fraction of sp³-hybridized carbons (Fsp3) is 0.267. The second kappa shape index (κ2) is 9.61. The van der Waals surface area contributed by atoms with Crippen LogP contribution in [0.4, 0.5) is 0 Å². The number of rotatable bonds is 4. The minimum Gasteiger partial charge on any atom is -0.352 e. The zero-order chi connectivity index (χ0) is 16.1. The molecule has 0 saturated heterocycles. The Bertz CT molecular complexity index is 685. The smallest absolute Gasteiger partial charge is 0.191 e. The van der Waals surface area contributed by atoms with Gasteiger partial charge < -0.3 is 15.2 Å². The van der Waals surface area contributed by atoms with E-state index in [4.69, 9.17) is 34.8 Å². The molecular formula is C15H18Cl3IN4. The van der Waals surface area contributed by atoms with Crippen molar-refractivity contribution in [1.82, 2.24) is 15.2 Å². The first-order valence-electron chi connectivity index (χ1n) is 6.70. The number of halogens is 4. The van der Waals surface area contributed by atoms with Gasteiger partial charge in [0.25, 0.3) is 0 Å². The van der Waals surface area contributed by atoms with Gasteiger partial charge in [0.2, 0.25) is 0 Å². The largest absolute Gasteiger partial charge is 0.352 e. The summed E-state index contributed by atoms with van der Waals surface area (Å²) in [6, 6.07) is 9.52. The molecule has 0 fully saturated rings. The van der Waals surface area contributed by atoms with Crippen LogP contribution in [0.1, 0.15) is 11.3 Å². The normalized spacial score (nSPS) is 11.1. The van der Waals surface area contributed by atoms with Crippen molar-refractivity contribution >= 4 is 64.7 Å². The summed E-state index contributed by atoms with van der Waals surface area (Å²) in [4.78, 5) is 4.18. The van der Waals surface area contributed by atoms with E-state index >= 15 is 0 Å². The molecule has 2 aromatic rings. The van der Waals surface area contributed by atoms with E-state index in [1.165, 1.54) is 0 Å². The van der Waals surface area contributed by atoms with Crippen LogP contribution in [0.2, 0.25) is 15.2 Å². The summed E-state index contributed by atoms with van der Waals surface area (Å²) >= 11 is 18.2. The fourth-order valence-corrected chi connectivity index (χ4v) is 2.59. The molecule has 1 heterocycles. The fourth-order valence-electron chi connectivity index (χ4n) is 1.97. The van der Waals surface area contributed by atoms with Crippen LogP contribution < -0.4 is 10.6 Å². The maximum atomic E-state index is 6.13. The van der Waals surface area contributed by atoms with Gasteiger partial charge >= 0.3 is 0 Å². The first kappa shape index (κ1) is 20.4. The molecule has 0 unspecified atom stereocenters. The third-order valence-corrected chi connectivity index (χ3v) is 4.49. The quantitative estimate of drug-likeness (QED) is 0.380. The minimum absolute atomic E-state index is 0. The highest BCUT2D eigenvalue weighted by Crippen LogP contribution is 2.24. The summed E-state index contributed by atoms with van der Waals surface area (Å²) in [5.41, 5.74) is 1.98. The van der Waals surface area contributed by atoms with Gasteiger partial charge in [0.1, 0.15) is 5.15 Å². The number of hydrogen-bond donors (Lipinski definition) is 2. The van der Waals surface area contributed by atoms with Crippen molar-refractivity contribution in [1.29, 1.82) is 0 Å². The predicted octanol–water partition coefficient (Wildman–Crippen LogP) is 4.47. The van der Waals surface area contributed by atoms with Gasteiger partial charge in [-0.25, -0.2) is 0 Å². The Kier molecular flexibility index (Phi) is 8.53. The van der Waals surface area contributed by atoms with Gasteiger partial charge in [0, 0.05) is 31.4 Å². The van der Waals surface area contributed by atoms with Crippen LogP contribution in [0, 0.1) is 0 Å². The van der Waals surface area contributed by atoms with E-state index < -0.39 is 0 Å². The molecule has 23 heavy (non-hydrogen) atoms. The summed E-state index contributed by atoms with van der Waals surface area (Å²) in [6.07, 6.45) is 0. The van der Waals surface area contributed by atoms with Gasteiger partial charge in [-0.1, -0.05) is 53.0 Å².